The van der Waals surface area contributed by atoms with Crippen LogP contribution in [0.25, 0.3) is 0 Å². The summed E-state index contributed by atoms with van der Waals surface area (Å²) in [7, 11) is 0. The molecule has 0 aliphatic carbocycles. The summed E-state index contributed by atoms with van der Waals surface area (Å²) in [6.07, 6.45) is 4.70. The van der Waals surface area contributed by atoms with Crippen LogP contribution in [0.1, 0.15) is 32.1 Å². The summed E-state index contributed by atoms with van der Waals surface area (Å²) in [4.78, 5) is 0. The van der Waals surface area contributed by atoms with Crippen LogP contribution in [-0.4, -0.2) is 17.6 Å². The molecule has 0 rings (SSSR count). The van der Waals surface area contributed by atoms with Crippen molar-refractivity contribution in [1.29, 1.82) is 0 Å². The van der Waals surface area contributed by atoms with E-state index >= 15 is 0 Å². The van der Waals surface area contributed by atoms with Gasteiger partial charge in [-0.15, -0.1) is 23.4 Å². The van der Waals surface area contributed by atoms with Crippen LogP contribution in [0.2, 0.25) is 0 Å². The topological polar surface area (TPSA) is 20.2 Å². The zero-order chi connectivity index (χ0) is 8.36. The lowest BCUT2D eigenvalue weighted by atomic mass is 10.2. The Morgan fingerprint density at radius 2 is 1.64 bits per heavy atom. The summed E-state index contributed by atoms with van der Waals surface area (Å²) in [5.74, 6) is 6.76. The van der Waals surface area contributed by atoms with Crippen LogP contribution in [-0.2, 0) is 0 Å². The SMILES string of the molecule is OCCCC#CCCCCCl. The summed E-state index contributed by atoms with van der Waals surface area (Å²) in [5, 5.41) is 8.42. The fourth-order valence-electron chi connectivity index (χ4n) is 0.652. The van der Waals surface area contributed by atoms with E-state index in [9.17, 15) is 0 Å². The Hall–Kier alpha value is -0.190. The maximum atomic E-state index is 8.42. The second-order valence-corrected chi connectivity index (χ2v) is 2.70. The van der Waals surface area contributed by atoms with E-state index in [2.05, 4.69) is 11.8 Å². The number of aliphatic hydroxyl groups excluding tert-OH is 1. The van der Waals surface area contributed by atoms with Gasteiger partial charge in [0.25, 0.3) is 0 Å². The van der Waals surface area contributed by atoms with Gasteiger partial charge >= 0.3 is 0 Å². The first-order valence-corrected chi connectivity index (χ1v) is 4.58. The molecule has 0 atom stereocenters. The summed E-state index contributed by atoms with van der Waals surface area (Å²) in [6, 6.07) is 0. The Labute approximate surface area is 73.8 Å². The standard InChI is InChI=1S/C9H15ClO/c10-8-6-4-2-1-3-5-7-9-11/h11H,2,4-9H2. The van der Waals surface area contributed by atoms with Gasteiger partial charge in [0.05, 0.1) is 0 Å². The minimum absolute atomic E-state index is 0.246. The fraction of sp³-hybridized carbons (Fsp3) is 0.778. The highest BCUT2D eigenvalue weighted by Gasteiger charge is 1.81. The van der Waals surface area contributed by atoms with E-state index in [4.69, 9.17) is 16.7 Å². The van der Waals surface area contributed by atoms with Crippen molar-refractivity contribution in [3.05, 3.63) is 0 Å². The van der Waals surface area contributed by atoms with Gasteiger partial charge in [-0.2, -0.15) is 0 Å². The van der Waals surface area contributed by atoms with E-state index in [1.54, 1.807) is 0 Å². The summed E-state index contributed by atoms with van der Waals surface area (Å²) >= 11 is 5.48. The second-order valence-electron chi connectivity index (χ2n) is 2.33. The summed E-state index contributed by atoms with van der Waals surface area (Å²) < 4.78 is 0. The zero-order valence-corrected chi connectivity index (χ0v) is 7.53. The number of halogens is 1. The number of rotatable bonds is 5. The van der Waals surface area contributed by atoms with Crippen molar-refractivity contribution < 1.29 is 5.11 Å². The Balaban J connectivity index is 2.99. The average molecular weight is 175 g/mol. The maximum absolute atomic E-state index is 8.42. The van der Waals surface area contributed by atoms with E-state index in [0.29, 0.717) is 0 Å². The Morgan fingerprint density at radius 3 is 2.18 bits per heavy atom. The molecule has 64 valence electrons. The number of aliphatic hydroxyl groups is 1. The lowest BCUT2D eigenvalue weighted by Crippen LogP contribution is -1.79. The molecule has 0 heterocycles. The first-order chi connectivity index (χ1) is 5.41. The van der Waals surface area contributed by atoms with Crippen molar-refractivity contribution in [3.8, 4) is 11.8 Å². The van der Waals surface area contributed by atoms with Crippen LogP contribution in [0, 0.1) is 11.8 Å². The van der Waals surface area contributed by atoms with Crippen molar-refractivity contribution in [1.82, 2.24) is 0 Å². The molecule has 0 aliphatic rings. The largest absolute Gasteiger partial charge is 0.396 e. The van der Waals surface area contributed by atoms with E-state index in [0.717, 1.165) is 38.0 Å². The molecule has 1 N–H and O–H groups in total. The molecule has 0 aromatic carbocycles. The van der Waals surface area contributed by atoms with Gasteiger partial charge in [-0.1, -0.05) is 0 Å². The molecule has 0 bridgehead atoms. The van der Waals surface area contributed by atoms with Crippen LogP contribution in [0.3, 0.4) is 0 Å². The van der Waals surface area contributed by atoms with Gasteiger partial charge < -0.3 is 5.11 Å². The van der Waals surface area contributed by atoms with Gasteiger partial charge in [-0.05, 0) is 19.3 Å². The van der Waals surface area contributed by atoms with E-state index in [-0.39, 0.29) is 6.61 Å². The third-order valence-corrected chi connectivity index (χ3v) is 1.54. The van der Waals surface area contributed by atoms with Crippen LogP contribution in [0.4, 0.5) is 0 Å². The highest BCUT2D eigenvalue weighted by molar-refractivity contribution is 6.17. The molecule has 0 saturated heterocycles. The van der Waals surface area contributed by atoms with Crippen molar-refractivity contribution in [2.75, 3.05) is 12.5 Å². The molecule has 1 nitrogen and oxygen atoms in total. The normalized spacial score (nSPS) is 8.91. The van der Waals surface area contributed by atoms with Gasteiger partial charge in [0.15, 0.2) is 0 Å². The molecule has 0 aliphatic heterocycles. The minimum Gasteiger partial charge on any atom is -0.396 e. The van der Waals surface area contributed by atoms with Crippen molar-refractivity contribution in [2.24, 2.45) is 0 Å². The number of hydrogen-bond acceptors (Lipinski definition) is 1. The van der Waals surface area contributed by atoms with E-state index < -0.39 is 0 Å². The lowest BCUT2D eigenvalue weighted by Gasteiger charge is -1.87. The molecule has 0 unspecified atom stereocenters. The molecule has 0 aromatic rings. The molecule has 2 heteroatoms. The number of hydrogen-bond donors (Lipinski definition) is 1. The maximum Gasteiger partial charge on any atom is 0.0440 e. The van der Waals surface area contributed by atoms with Gasteiger partial charge in [0.1, 0.15) is 0 Å². The number of alkyl halides is 1. The van der Waals surface area contributed by atoms with Gasteiger partial charge in [-0.25, -0.2) is 0 Å². The predicted octanol–water partition coefficient (Wildman–Crippen LogP) is 2.17. The second kappa shape index (κ2) is 9.81. The third kappa shape index (κ3) is 9.81. The molecule has 0 aromatic heterocycles. The molecular weight excluding hydrogens is 160 g/mol. The predicted molar refractivity (Wildman–Crippen MR) is 48.7 cm³/mol. The molecule has 0 saturated carbocycles. The van der Waals surface area contributed by atoms with Gasteiger partial charge in [-0.3, -0.25) is 0 Å². The van der Waals surface area contributed by atoms with Crippen LogP contribution >= 0.6 is 11.6 Å². The van der Waals surface area contributed by atoms with Crippen molar-refractivity contribution in [3.63, 3.8) is 0 Å². The highest BCUT2D eigenvalue weighted by Crippen LogP contribution is 1.95. The van der Waals surface area contributed by atoms with E-state index in [1.165, 1.54) is 0 Å². The average Bonchev–Trinajstić information content (AvgIpc) is 2.03. The van der Waals surface area contributed by atoms with Gasteiger partial charge in [0.2, 0.25) is 0 Å². The first-order valence-electron chi connectivity index (χ1n) is 4.04. The molecule has 0 fully saturated rings. The highest BCUT2D eigenvalue weighted by atomic mass is 35.5. The molecule has 11 heavy (non-hydrogen) atoms. The third-order valence-electron chi connectivity index (χ3n) is 1.27. The smallest absolute Gasteiger partial charge is 0.0440 e. The number of unbranched alkanes of at least 4 members (excludes halogenated alkanes) is 3. The molecule has 0 spiro atoms. The summed E-state index contributed by atoms with van der Waals surface area (Å²) in [6.45, 7) is 0.246. The minimum atomic E-state index is 0.246. The first kappa shape index (κ1) is 10.8. The lowest BCUT2D eigenvalue weighted by molar-refractivity contribution is 0.290. The Morgan fingerprint density at radius 1 is 1.00 bits per heavy atom. The molecule has 0 radical (unpaired) electrons. The van der Waals surface area contributed by atoms with Gasteiger partial charge in [0, 0.05) is 25.3 Å². The zero-order valence-electron chi connectivity index (χ0n) is 6.77. The van der Waals surface area contributed by atoms with Crippen LogP contribution in [0.15, 0.2) is 0 Å². The summed E-state index contributed by atoms with van der Waals surface area (Å²) in [5.41, 5.74) is 0. The van der Waals surface area contributed by atoms with Crippen molar-refractivity contribution in [2.45, 2.75) is 32.1 Å². The monoisotopic (exact) mass is 174 g/mol. The fourth-order valence-corrected chi connectivity index (χ4v) is 0.841. The Bertz CT molecular complexity index is 123. The quantitative estimate of drug-likeness (QED) is 0.385. The van der Waals surface area contributed by atoms with E-state index in [1.807, 2.05) is 0 Å². The Kier molecular flexibility index (Phi) is 9.64. The molecule has 0 amide bonds. The van der Waals surface area contributed by atoms with Crippen molar-refractivity contribution >= 4 is 11.6 Å². The molecular formula is C9H15ClO. The van der Waals surface area contributed by atoms with Crippen LogP contribution in [0.5, 0.6) is 0 Å². The van der Waals surface area contributed by atoms with Crippen LogP contribution < -0.4 is 0 Å².